The molecule has 0 atom stereocenters. The second kappa shape index (κ2) is 3.65. The molecule has 0 aliphatic carbocycles. The van der Waals surface area contributed by atoms with E-state index in [1.54, 1.807) is 0 Å². The van der Waals surface area contributed by atoms with Crippen LogP contribution in [-0.4, -0.2) is 0 Å². The minimum absolute atomic E-state index is 0.763. The van der Waals surface area contributed by atoms with Gasteiger partial charge in [-0.15, -0.1) is 0 Å². The van der Waals surface area contributed by atoms with Gasteiger partial charge in [-0.05, 0) is 24.6 Å². The molecule has 0 fully saturated rings. The van der Waals surface area contributed by atoms with Gasteiger partial charge in [-0.1, -0.05) is 30.3 Å². The van der Waals surface area contributed by atoms with E-state index >= 15 is 0 Å². The summed E-state index contributed by atoms with van der Waals surface area (Å²) in [6.45, 7) is 2.04. The van der Waals surface area contributed by atoms with Gasteiger partial charge in [-0.2, -0.15) is 0 Å². The highest BCUT2D eigenvalue weighted by molar-refractivity contribution is 5.86. The Morgan fingerprint density at radius 2 is 1.47 bits per heavy atom. The fraction of sp³-hybridized carbons (Fsp3) is 0.0769. The molecule has 2 heteroatoms. The molecule has 2 nitrogen and oxygen atoms in total. The normalized spacial score (nSPS) is 10.2. The van der Waals surface area contributed by atoms with Crippen molar-refractivity contribution in [1.82, 2.24) is 0 Å². The van der Waals surface area contributed by atoms with Crippen LogP contribution < -0.4 is 11.5 Å². The van der Waals surface area contributed by atoms with Gasteiger partial charge in [-0.3, -0.25) is 0 Å². The highest BCUT2D eigenvalue weighted by Crippen LogP contribution is 2.32. The number of nitrogen functional groups attached to an aromatic ring is 2. The smallest absolute Gasteiger partial charge is 0.0397 e. The Labute approximate surface area is 89.5 Å². The number of nitrogens with two attached hydrogens (primary N) is 2. The predicted octanol–water partition coefficient (Wildman–Crippen LogP) is 2.83. The number of benzene rings is 2. The number of para-hydroxylation sites is 1. The van der Waals surface area contributed by atoms with Crippen molar-refractivity contribution in [2.75, 3.05) is 11.5 Å². The molecule has 0 saturated heterocycles. The molecule has 2 rings (SSSR count). The van der Waals surface area contributed by atoms with Crippen LogP contribution in [0.4, 0.5) is 11.4 Å². The minimum atomic E-state index is 0.763. The summed E-state index contributed by atoms with van der Waals surface area (Å²) in [4.78, 5) is 0. The van der Waals surface area contributed by atoms with Crippen LogP contribution in [0.2, 0.25) is 0 Å². The summed E-state index contributed by atoms with van der Waals surface area (Å²) in [5.41, 5.74) is 16.6. The summed E-state index contributed by atoms with van der Waals surface area (Å²) in [5.74, 6) is 0. The van der Waals surface area contributed by atoms with Gasteiger partial charge in [0, 0.05) is 22.5 Å². The molecule has 2 aromatic carbocycles. The molecule has 0 aromatic heterocycles. The van der Waals surface area contributed by atoms with E-state index in [-0.39, 0.29) is 0 Å². The minimum Gasteiger partial charge on any atom is -0.398 e. The number of hydrogen-bond acceptors (Lipinski definition) is 2. The zero-order valence-electron chi connectivity index (χ0n) is 8.70. The van der Waals surface area contributed by atoms with E-state index in [2.05, 4.69) is 0 Å². The Kier molecular flexibility index (Phi) is 2.34. The third kappa shape index (κ3) is 1.66. The van der Waals surface area contributed by atoms with Crippen molar-refractivity contribution in [3.05, 3.63) is 48.0 Å². The summed E-state index contributed by atoms with van der Waals surface area (Å²) in [6, 6.07) is 13.7. The molecule has 76 valence electrons. The van der Waals surface area contributed by atoms with Gasteiger partial charge in [0.25, 0.3) is 0 Å². The molecule has 0 bridgehead atoms. The molecule has 0 heterocycles. The molecule has 0 aliphatic heterocycles. The van der Waals surface area contributed by atoms with Crippen LogP contribution in [0.25, 0.3) is 11.1 Å². The van der Waals surface area contributed by atoms with Crippen LogP contribution in [0.1, 0.15) is 5.56 Å². The first-order valence-corrected chi connectivity index (χ1v) is 4.90. The van der Waals surface area contributed by atoms with Crippen molar-refractivity contribution >= 4 is 11.4 Å². The van der Waals surface area contributed by atoms with E-state index in [1.165, 1.54) is 0 Å². The van der Waals surface area contributed by atoms with Crippen molar-refractivity contribution in [1.29, 1.82) is 0 Å². The van der Waals surface area contributed by atoms with Gasteiger partial charge in [0.2, 0.25) is 0 Å². The van der Waals surface area contributed by atoms with Crippen molar-refractivity contribution in [2.24, 2.45) is 0 Å². The first kappa shape index (κ1) is 9.59. The van der Waals surface area contributed by atoms with E-state index in [0.29, 0.717) is 0 Å². The molecular weight excluding hydrogens is 184 g/mol. The second-order valence-electron chi connectivity index (χ2n) is 3.63. The van der Waals surface area contributed by atoms with Crippen molar-refractivity contribution in [3.63, 3.8) is 0 Å². The third-order valence-corrected chi connectivity index (χ3v) is 2.54. The summed E-state index contributed by atoms with van der Waals surface area (Å²) in [7, 11) is 0. The Morgan fingerprint density at radius 1 is 0.800 bits per heavy atom. The van der Waals surface area contributed by atoms with E-state index in [1.807, 2.05) is 49.4 Å². The SMILES string of the molecule is Cc1cccc(N)c1-c1ccccc1N. The quantitative estimate of drug-likeness (QED) is 0.692. The van der Waals surface area contributed by atoms with Gasteiger partial charge < -0.3 is 11.5 Å². The second-order valence-corrected chi connectivity index (χ2v) is 3.63. The third-order valence-electron chi connectivity index (χ3n) is 2.54. The first-order chi connectivity index (χ1) is 7.20. The lowest BCUT2D eigenvalue weighted by Gasteiger charge is -2.11. The lowest BCUT2D eigenvalue weighted by molar-refractivity contribution is 1.46. The molecule has 0 spiro atoms. The van der Waals surface area contributed by atoms with Crippen LogP contribution in [0.15, 0.2) is 42.5 Å². The molecule has 0 saturated carbocycles. The fourth-order valence-electron chi connectivity index (χ4n) is 1.78. The maximum absolute atomic E-state index is 5.97. The van der Waals surface area contributed by atoms with Crippen LogP contribution in [-0.2, 0) is 0 Å². The highest BCUT2D eigenvalue weighted by atomic mass is 14.6. The Bertz CT molecular complexity index is 469. The average Bonchev–Trinajstić information content (AvgIpc) is 2.20. The standard InChI is InChI=1S/C13H14N2/c1-9-5-4-8-12(15)13(9)10-6-2-3-7-11(10)14/h2-8H,14-15H2,1H3. The zero-order valence-corrected chi connectivity index (χ0v) is 8.70. The van der Waals surface area contributed by atoms with Crippen molar-refractivity contribution in [3.8, 4) is 11.1 Å². The van der Waals surface area contributed by atoms with Crippen LogP contribution in [0.5, 0.6) is 0 Å². The first-order valence-electron chi connectivity index (χ1n) is 4.90. The van der Waals surface area contributed by atoms with E-state index < -0.39 is 0 Å². The average molecular weight is 198 g/mol. The molecule has 2 aromatic rings. The van der Waals surface area contributed by atoms with Crippen molar-refractivity contribution in [2.45, 2.75) is 6.92 Å². The number of aryl methyl sites for hydroxylation is 1. The monoisotopic (exact) mass is 198 g/mol. The lowest BCUT2D eigenvalue weighted by atomic mass is 9.97. The van der Waals surface area contributed by atoms with Crippen LogP contribution >= 0.6 is 0 Å². The van der Waals surface area contributed by atoms with Gasteiger partial charge in [0.15, 0.2) is 0 Å². The van der Waals surface area contributed by atoms with E-state index in [9.17, 15) is 0 Å². The summed E-state index contributed by atoms with van der Waals surface area (Å²) in [6.07, 6.45) is 0. The van der Waals surface area contributed by atoms with Crippen molar-refractivity contribution < 1.29 is 0 Å². The van der Waals surface area contributed by atoms with Gasteiger partial charge in [0.1, 0.15) is 0 Å². The molecule has 15 heavy (non-hydrogen) atoms. The largest absolute Gasteiger partial charge is 0.398 e. The summed E-state index contributed by atoms with van der Waals surface area (Å²) in [5, 5.41) is 0. The molecular formula is C13H14N2. The van der Waals surface area contributed by atoms with Crippen LogP contribution in [0.3, 0.4) is 0 Å². The molecule has 0 aliphatic rings. The number of anilines is 2. The lowest BCUT2D eigenvalue weighted by Crippen LogP contribution is -1.96. The Hall–Kier alpha value is -1.96. The van der Waals surface area contributed by atoms with Gasteiger partial charge >= 0.3 is 0 Å². The Morgan fingerprint density at radius 3 is 2.13 bits per heavy atom. The Balaban J connectivity index is 2.69. The molecule has 4 N–H and O–H groups in total. The van der Waals surface area contributed by atoms with Gasteiger partial charge in [-0.25, -0.2) is 0 Å². The summed E-state index contributed by atoms with van der Waals surface area (Å²) < 4.78 is 0. The predicted molar refractivity (Wildman–Crippen MR) is 65.4 cm³/mol. The fourth-order valence-corrected chi connectivity index (χ4v) is 1.78. The summed E-state index contributed by atoms with van der Waals surface area (Å²) >= 11 is 0. The zero-order chi connectivity index (χ0) is 10.8. The topological polar surface area (TPSA) is 52.0 Å². The van der Waals surface area contributed by atoms with E-state index in [0.717, 1.165) is 28.1 Å². The van der Waals surface area contributed by atoms with Crippen LogP contribution in [0, 0.1) is 6.92 Å². The van der Waals surface area contributed by atoms with Gasteiger partial charge in [0.05, 0.1) is 0 Å². The maximum Gasteiger partial charge on any atom is 0.0397 e. The molecule has 0 unspecified atom stereocenters. The number of hydrogen-bond donors (Lipinski definition) is 2. The highest BCUT2D eigenvalue weighted by Gasteiger charge is 2.07. The van der Waals surface area contributed by atoms with E-state index in [4.69, 9.17) is 11.5 Å². The number of rotatable bonds is 1. The molecule has 0 amide bonds. The maximum atomic E-state index is 5.97. The molecule has 0 radical (unpaired) electrons.